The fourth-order valence-corrected chi connectivity index (χ4v) is 3.83. The molecule has 0 aromatic heterocycles. The molecule has 0 aromatic rings. The lowest BCUT2D eigenvalue weighted by atomic mass is 9.99. The zero-order valence-corrected chi connectivity index (χ0v) is 22.2. The lowest BCUT2D eigenvalue weighted by Crippen LogP contribution is -2.60. The van der Waals surface area contributed by atoms with Crippen molar-refractivity contribution in [2.75, 3.05) is 92.4 Å². The van der Waals surface area contributed by atoms with E-state index in [1.165, 1.54) is 0 Å². The van der Waals surface area contributed by atoms with Crippen LogP contribution in [-0.4, -0.2) is 167 Å². The number of rotatable bonds is 21. The molecule has 1 heterocycles. The van der Waals surface area contributed by atoms with Crippen LogP contribution >= 0.6 is 0 Å². The number of carboxylic acid groups (broad SMARTS) is 1. The van der Waals surface area contributed by atoms with Crippen molar-refractivity contribution < 1.29 is 71.1 Å². The summed E-state index contributed by atoms with van der Waals surface area (Å²) in [5, 5.41) is 38.3. The van der Waals surface area contributed by atoms with E-state index in [9.17, 15) is 28.5 Å². The second kappa shape index (κ2) is 17.5. The Labute approximate surface area is 217 Å². The van der Waals surface area contributed by atoms with Crippen molar-refractivity contribution in [3.05, 3.63) is 0 Å². The van der Waals surface area contributed by atoms with Gasteiger partial charge in [-0.15, -0.1) is 0 Å². The van der Waals surface area contributed by atoms with Crippen molar-refractivity contribution in [3.63, 3.8) is 0 Å². The maximum absolute atomic E-state index is 10.9. The van der Waals surface area contributed by atoms with E-state index in [0.717, 1.165) is 0 Å². The zero-order valence-electron chi connectivity index (χ0n) is 21.3. The molecule has 5 atom stereocenters. The predicted molar refractivity (Wildman–Crippen MR) is 126 cm³/mol. The number of aliphatic hydroxyl groups excluding tert-OH is 3. The minimum Gasteiger partial charge on any atom is -0.479 e. The van der Waals surface area contributed by atoms with Gasteiger partial charge < -0.3 is 53.3 Å². The third kappa shape index (κ3) is 15.2. The third-order valence-electron chi connectivity index (χ3n) is 5.47. The van der Waals surface area contributed by atoms with Crippen molar-refractivity contribution in [2.45, 2.75) is 37.1 Å². The number of nitrogens with zero attached hydrogens (tertiary/aromatic N) is 1. The first-order chi connectivity index (χ1) is 17.3. The smallest absolute Gasteiger partial charge is 0.335 e. The van der Waals surface area contributed by atoms with E-state index in [4.69, 9.17) is 38.1 Å². The van der Waals surface area contributed by atoms with Crippen LogP contribution in [0.2, 0.25) is 0 Å². The first-order valence-corrected chi connectivity index (χ1v) is 13.6. The van der Waals surface area contributed by atoms with Gasteiger partial charge in [0.2, 0.25) is 0 Å². The van der Waals surface area contributed by atoms with Gasteiger partial charge in [-0.05, 0) is 0 Å². The van der Waals surface area contributed by atoms with Crippen molar-refractivity contribution in [1.29, 1.82) is 0 Å². The number of likely N-dealkylation sites (N-methyl/N-ethyl adjacent to an activating group) is 1. The van der Waals surface area contributed by atoms with E-state index in [2.05, 4.69) is 0 Å². The van der Waals surface area contributed by atoms with Gasteiger partial charge in [0, 0.05) is 6.42 Å². The van der Waals surface area contributed by atoms with Crippen LogP contribution in [0.1, 0.15) is 6.42 Å². The van der Waals surface area contributed by atoms with Crippen LogP contribution in [0.25, 0.3) is 0 Å². The molecule has 5 unspecified atom stereocenters. The second-order valence-electron chi connectivity index (χ2n) is 9.07. The summed E-state index contributed by atoms with van der Waals surface area (Å²) in [4.78, 5) is 10.9. The van der Waals surface area contributed by atoms with Crippen LogP contribution in [0.5, 0.6) is 0 Å². The number of aliphatic hydroxyl groups is 3. The molecule has 0 bridgehead atoms. The molecule has 0 radical (unpaired) electrons. The third-order valence-corrected chi connectivity index (χ3v) is 6.27. The Kier molecular flexibility index (Phi) is 16.1. The molecule has 5 N–H and O–H groups in total. The SMILES string of the molecule is C[N+](C)(CCCS(=O)(=O)O)CCOCCOCCOCCOCCOC1C(O)OC(C(=O)O)C(O)C1O. The molecule has 1 aliphatic rings. The molecular weight excluding hydrogens is 522 g/mol. The number of hydrogen-bond acceptors (Lipinski definition) is 12. The van der Waals surface area contributed by atoms with Gasteiger partial charge in [0.1, 0.15) is 24.9 Å². The average molecular weight is 565 g/mol. The van der Waals surface area contributed by atoms with Crippen molar-refractivity contribution in [3.8, 4) is 0 Å². The predicted octanol–water partition coefficient (Wildman–Crippen LogP) is -2.68. The fourth-order valence-electron chi connectivity index (χ4n) is 3.34. The molecule has 220 valence electrons. The Morgan fingerprint density at radius 1 is 0.811 bits per heavy atom. The molecule has 0 spiro atoms. The number of ether oxygens (including phenoxy) is 6. The lowest BCUT2D eigenvalue weighted by Gasteiger charge is -2.38. The molecule has 16 heteroatoms. The highest BCUT2D eigenvalue weighted by Crippen LogP contribution is 2.22. The highest BCUT2D eigenvalue weighted by Gasteiger charge is 2.47. The first-order valence-electron chi connectivity index (χ1n) is 12.0. The Morgan fingerprint density at radius 3 is 1.78 bits per heavy atom. The summed E-state index contributed by atoms with van der Waals surface area (Å²) in [6.45, 7) is 4.00. The fraction of sp³-hybridized carbons (Fsp3) is 0.952. The van der Waals surface area contributed by atoms with E-state index < -0.39 is 46.8 Å². The summed E-state index contributed by atoms with van der Waals surface area (Å²) in [7, 11) is -0.00857. The highest BCUT2D eigenvalue weighted by molar-refractivity contribution is 7.85. The van der Waals surface area contributed by atoms with E-state index >= 15 is 0 Å². The molecular formula is C21H42NO14S+. The summed E-state index contributed by atoms with van der Waals surface area (Å²) >= 11 is 0. The molecule has 1 saturated heterocycles. The molecule has 1 rings (SSSR count). The minimum absolute atomic E-state index is 0.0314. The van der Waals surface area contributed by atoms with Gasteiger partial charge in [-0.25, -0.2) is 4.79 Å². The maximum atomic E-state index is 10.9. The largest absolute Gasteiger partial charge is 0.479 e. The zero-order chi connectivity index (χ0) is 27.9. The van der Waals surface area contributed by atoms with Crippen LogP contribution in [0.4, 0.5) is 0 Å². The summed E-state index contributed by atoms with van der Waals surface area (Å²) in [5.74, 6) is -1.75. The maximum Gasteiger partial charge on any atom is 0.335 e. The number of hydrogen-bond donors (Lipinski definition) is 5. The van der Waals surface area contributed by atoms with Crippen LogP contribution in [0.15, 0.2) is 0 Å². The standard InChI is InChI=1S/C21H41NO14S/c1-22(2,4-3-15-37(28,29)30)5-6-31-7-8-32-9-10-33-11-12-34-13-14-35-19-17(24)16(23)18(20(25)26)36-21(19)27/h16-19,21,23-24,27H,3-15H2,1-2H3,(H-,25,26,28,29,30)/p+1. The molecule has 0 aromatic carbocycles. The van der Waals surface area contributed by atoms with Gasteiger partial charge in [-0.1, -0.05) is 0 Å². The van der Waals surface area contributed by atoms with Crippen LogP contribution in [0.3, 0.4) is 0 Å². The molecule has 15 nitrogen and oxygen atoms in total. The summed E-state index contributed by atoms with van der Waals surface area (Å²) < 4.78 is 62.5. The van der Waals surface area contributed by atoms with Gasteiger partial charge in [0.25, 0.3) is 10.1 Å². The Hall–Kier alpha value is -1.02. The number of carbonyl (C=O) groups is 1. The van der Waals surface area contributed by atoms with Crippen LogP contribution in [0, 0.1) is 0 Å². The molecule has 0 aliphatic carbocycles. The Morgan fingerprint density at radius 2 is 1.30 bits per heavy atom. The number of aliphatic carboxylic acids is 1. The number of carboxylic acids is 1. The topological polar surface area (TPSA) is 208 Å². The van der Waals surface area contributed by atoms with E-state index in [-0.39, 0.29) is 25.6 Å². The molecule has 0 amide bonds. The Bertz CT molecular complexity index is 737. The van der Waals surface area contributed by atoms with Gasteiger partial charge >= 0.3 is 5.97 Å². The van der Waals surface area contributed by atoms with Crippen molar-refractivity contribution >= 4 is 16.1 Å². The normalized spacial score (nSPS) is 24.9. The van der Waals surface area contributed by atoms with Gasteiger partial charge in [-0.3, -0.25) is 4.55 Å². The number of quaternary nitrogens is 1. The molecule has 37 heavy (non-hydrogen) atoms. The molecule has 1 fully saturated rings. The summed E-state index contributed by atoms with van der Waals surface area (Å²) in [6, 6.07) is 0. The Balaban J connectivity index is 1.93. The van der Waals surface area contributed by atoms with Crippen LogP contribution < -0.4 is 0 Å². The van der Waals surface area contributed by atoms with Crippen molar-refractivity contribution in [1.82, 2.24) is 0 Å². The molecule has 0 saturated carbocycles. The monoisotopic (exact) mass is 564 g/mol. The lowest BCUT2D eigenvalue weighted by molar-refractivity contribution is -0.890. The second-order valence-corrected chi connectivity index (χ2v) is 10.6. The first kappa shape index (κ1) is 34.0. The summed E-state index contributed by atoms with van der Waals surface area (Å²) in [6.07, 6.45) is -7.75. The van der Waals surface area contributed by atoms with Crippen LogP contribution in [-0.2, 0) is 43.3 Å². The van der Waals surface area contributed by atoms with Gasteiger partial charge in [-0.2, -0.15) is 8.42 Å². The van der Waals surface area contributed by atoms with E-state index in [1.54, 1.807) is 0 Å². The average Bonchev–Trinajstić information content (AvgIpc) is 2.79. The quantitative estimate of drug-likeness (QED) is 0.0547. The van der Waals surface area contributed by atoms with E-state index in [0.29, 0.717) is 63.6 Å². The van der Waals surface area contributed by atoms with Gasteiger partial charge in [0.15, 0.2) is 12.4 Å². The van der Waals surface area contributed by atoms with Crippen molar-refractivity contribution in [2.24, 2.45) is 0 Å². The van der Waals surface area contributed by atoms with Gasteiger partial charge in [0.05, 0.1) is 85.9 Å². The molecule has 1 aliphatic heterocycles. The minimum atomic E-state index is -3.93. The highest BCUT2D eigenvalue weighted by atomic mass is 32.2. The summed E-state index contributed by atoms with van der Waals surface area (Å²) in [5.41, 5.74) is 0. The van der Waals surface area contributed by atoms with E-state index in [1.807, 2.05) is 14.1 Å².